The van der Waals surface area contributed by atoms with E-state index in [0.717, 1.165) is 10.9 Å². The molecule has 1 saturated heterocycles. The second kappa shape index (κ2) is 4.84. The van der Waals surface area contributed by atoms with Crippen LogP contribution in [0.15, 0.2) is 11.1 Å². The Morgan fingerprint density at radius 2 is 2.35 bits per heavy atom. The van der Waals surface area contributed by atoms with Crippen molar-refractivity contribution in [2.24, 2.45) is 5.73 Å². The number of anilines is 1. The number of aliphatic hydroxyl groups excluding tert-OH is 2. The molecular formula is C11H15N5O4. The van der Waals surface area contributed by atoms with Crippen LogP contribution in [-0.2, 0) is 4.74 Å². The van der Waals surface area contributed by atoms with Crippen LogP contribution < -0.4 is 17.2 Å². The minimum atomic E-state index is -1.70. The van der Waals surface area contributed by atoms with Crippen molar-refractivity contribution in [3.63, 3.8) is 0 Å². The number of aliphatic hydroxyl groups is 2. The summed E-state index contributed by atoms with van der Waals surface area (Å²) in [5, 5.41) is 19.7. The molecule has 2 rings (SSSR count). The number of nitrogen functional groups attached to an aromatic ring is 1. The molecule has 0 spiro atoms. The Balaban J connectivity index is 2.50. The monoisotopic (exact) mass is 281 g/mol. The minimum absolute atomic E-state index is 0.208. The molecule has 0 radical (unpaired) electrons. The van der Waals surface area contributed by atoms with Crippen molar-refractivity contribution < 1.29 is 14.9 Å². The van der Waals surface area contributed by atoms with Crippen LogP contribution >= 0.6 is 0 Å². The quantitative estimate of drug-likeness (QED) is 0.424. The molecule has 1 aliphatic heterocycles. The molecule has 1 aromatic rings. The van der Waals surface area contributed by atoms with Gasteiger partial charge in [0.15, 0.2) is 11.8 Å². The van der Waals surface area contributed by atoms with E-state index in [2.05, 4.69) is 15.9 Å². The Hall–Kier alpha value is -1.99. The highest BCUT2D eigenvalue weighted by Crippen LogP contribution is 2.36. The molecular weight excluding hydrogens is 266 g/mol. The first-order valence-electron chi connectivity index (χ1n) is 5.80. The number of rotatable bonds is 2. The zero-order valence-electron chi connectivity index (χ0n) is 10.7. The highest BCUT2D eigenvalue weighted by molar-refractivity contribution is 5.23. The zero-order valence-corrected chi connectivity index (χ0v) is 10.7. The summed E-state index contributed by atoms with van der Waals surface area (Å²) in [6, 6.07) is 0. The van der Waals surface area contributed by atoms with Gasteiger partial charge in [-0.15, -0.1) is 6.42 Å². The lowest BCUT2D eigenvalue weighted by atomic mass is 9.90. The van der Waals surface area contributed by atoms with Gasteiger partial charge in [-0.1, -0.05) is 5.92 Å². The molecule has 1 fully saturated rings. The number of nitrogens with two attached hydrogens (primary N) is 2. The molecule has 1 aliphatic rings. The first-order valence-corrected chi connectivity index (χ1v) is 5.80. The zero-order chi connectivity index (χ0) is 15.1. The van der Waals surface area contributed by atoms with Gasteiger partial charge in [0, 0.05) is 0 Å². The predicted octanol–water partition coefficient (Wildman–Crippen LogP) is -2.81. The third kappa shape index (κ3) is 2.04. The summed E-state index contributed by atoms with van der Waals surface area (Å²) in [5.74, 6) is 2.00. The second-order valence-electron chi connectivity index (χ2n) is 4.62. The summed E-state index contributed by atoms with van der Waals surface area (Å²) in [6.07, 6.45) is 1.79. The van der Waals surface area contributed by atoms with Crippen molar-refractivity contribution in [3.8, 4) is 12.3 Å². The first kappa shape index (κ1) is 14.4. The van der Waals surface area contributed by atoms with Crippen molar-refractivity contribution >= 4 is 5.95 Å². The summed E-state index contributed by atoms with van der Waals surface area (Å²) in [6.45, 7) is 1.41. The fraction of sp³-hybridized carbons (Fsp3) is 0.545. The topological polar surface area (TPSA) is 150 Å². The Kier molecular flexibility index (Phi) is 3.49. The lowest BCUT2D eigenvalue weighted by Gasteiger charge is -2.27. The van der Waals surface area contributed by atoms with E-state index in [0.29, 0.717) is 0 Å². The van der Waals surface area contributed by atoms with Crippen molar-refractivity contribution in [2.45, 2.75) is 37.0 Å². The molecule has 108 valence electrons. The van der Waals surface area contributed by atoms with Gasteiger partial charge < -0.3 is 26.4 Å². The molecule has 1 unspecified atom stereocenters. The third-order valence-electron chi connectivity index (χ3n) is 3.22. The number of terminal acetylenes is 1. The molecule has 9 heteroatoms. The maximum absolute atomic E-state index is 11.8. The van der Waals surface area contributed by atoms with E-state index >= 15 is 0 Å². The fourth-order valence-corrected chi connectivity index (χ4v) is 2.10. The molecule has 20 heavy (non-hydrogen) atoms. The van der Waals surface area contributed by atoms with Crippen LogP contribution in [0.3, 0.4) is 0 Å². The van der Waals surface area contributed by atoms with E-state index in [1.165, 1.54) is 6.92 Å². The summed E-state index contributed by atoms with van der Waals surface area (Å²) in [5.41, 5.74) is 8.76. The smallest absolute Gasteiger partial charge is 0.354 e. The van der Waals surface area contributed by atoms with E-state index in [9.17, 15) is 15.0 Å². The molecule has 0 amide bonds. The Bertz CT molecular complexity index is 610. The molecule has 6 N–H and O–H groups in total. The van der Waals surface area contributed by atoms with Gasteiger partial charge in [0.2, 0.25) is 5.95 Å². The fourth-order valence-electron chi connectivity index (χ4n) is 2.10. The van der Waals surface area contributed by atoms with Gasteiger partial charge in [-0.3, -0.25) is 4.57 Å². The number of ether oxygens (including phenoxy) is 1. The number of hydrogen-bond acceptors (Lipinski definition) is 8. The lowest BCUT2D eigenvalue weighted by Crippen LogP contribution is -2.55. The Morgan fingerprint density at radius 3 is 2.85 bits per heavy atom. The van der Waals surface area contributed by atoms with Crippen molar-refractivity contribution in [3.05, 3.63) is 16.8 Å². The predicted molar refractivity (Wildman–Crippen MR) is 68.1 cm³/mol. The minimum Gasteiger partial charge on any atom is -0.391 e. The second-order valence-corrected chi connectivity index (χ2v) is 4.62. The summed E-state index contributed by atoms with van der Waals surface area (Å²) < 4.78 is 6.36. The molecule has 0 aromatic carbocycles. The van der Waals surface area contributed by atoms with Crippen molar-refractivity contribution in [2.75, 3.05) is 5.73 Å². The van der Waals surface area contributed by atoms with Gasteiger partial charge in [-0.05, 0) is 6.92 Å². The largest absolute Gasteiger partial charge is 0.391 e. The highest BCUT2D eigenvalue weighted by Gasteiger charge is 2.55. The van der Waals surface area contributed by atoms with E-state index in [-0.39, 0.29) is 5.95 Å². The van der Waals surface area contributed by atoms with E-state index < -0.39 is 35.8 Å². The SMILES string of the molecule is C#C[C@@]1(N)C(O)[C@@H]([C@@H](C)O)O[C@H]1n1cnc(N)nc1=O. The Labute approximate surface area is 114 Å². The molecule has 9 nitrogen and oxygen atoms in total. The maximum atomic E-state index is 11.8. The standard InChI is InChI=1S/C11H15N5O4/c1-3-11(13)7(18)6(5(2)17)20-8(11)16-4-14-9(12)15-10(16)19/h1,4-8,17-18H,13H2,2H3,(H2,12,15,19)/t5-,6-,7?,8-,11-/m1/s1. The lowest BCUT2D eigenvalue weighted by molar-refractivity contribution is -0.0781. The van der Waals surface area contributed by atoms with E-state index in [1.807, 2.05) is 0 Å². The molecule has 0 aliphatic carbocycles. The average molecular weight is 281 g/mol. The third-order valence-corrected chi connectivity index (χ3v) is 3.22. The van der Waals surface area contributed by atoms with Crippen molar-refractivity contribution in [1.82, 2.24) is 14.5 Å². The van der Waals surface area contributed by atoms with Gasteiger partial charge in [-0.2, -0.15) is 4.98 Å². The summed E-state index contributed by atoms with van der Waals surface area (Å²) in [7, 11) is 0. The number of nitrogens with zero attached hydrogens (tertiary/aromatic N) is 3. The van der Waals surface area contributed by atoms with Crippen molar-refractivity contribution in [1.29, 1.82) is 0 Å². The molecule has 5 atom stereocenters. The van der Waals surface area contributed by atoms with E-state index in [1.54, 1.807) is 0 Å². The van der Waals surface area contributed by atoms with Crippen LogP contribution in [0.5, 0.6) is 0 Å². The Morgan fingerprint density at radius 1 is 1.70 bits per heavy atom. The van der Waals surface area contributed by atoms with Gasteiger partial charge in [-0.25, -0.2) is 9.78 Å². The van der Waals surface area contributed by atoms with Crippen LogP contribution in [0, 0.1) is 12.3 Å². The highest BCUT2D eigenvalue weighted by atomic mass is 16.5. The van der Waals surface area contributed by atoms with E-state index in [4.69, 9.17) is 22.6 Å². The van der Waals surface area contributed by atoms with Gasteiger partial charge in [0.1, 0.15) is 18.5 Å². The molecule has 0 bridgehead atoms. The summed E-state index contributed by atoms with van der Waals surface area (Å²) in [4.78, 5) is 18.9. The summed E-state index contributed by atoms with van der Waals surface area (Å²) >= 11 is 0. The normalized spacial score (nSPS) is 34.6. The molecule has 1 aromatic heterocycles. The van der Waals surface area contributed by atoms with Gasteiger partial charge in [0.25, 0.3) is 0 Å². The van der Waals surface area contributed by atoms with Crippen LogP contribution in [0.4, 0.5) is 5.95 Å². The van der Waals surface area contributed by atoms with Gasteiger partial charge >= 0.3 is 5.69 Å². The first-order chi connectivity index (χ1) is 9.31. The molecule has 2 heterocycles. The van der Waals surface area contributed by atoms with Gasteiger partial charge in [0.05, 0.1) is 6.10 Å². The van der Waals surface area contributed by atoms with Crippen LogP contribution in [-0.4, -0.2) is 48.6 Å². The van der Waals surface area contributed by atoms with Crippen LogP contribution in [0.25, 0.3) is 0 Å². The maximum Gasteiger partial charge on any atom is 0.354 e. The number of hydrogen-bond donors (Lipinski definition) is 4. The molecule has 0 saturated carbocycles. The average Bonchev–Trinajstić information content (AvgIpc) is 2.64. The van der Waals surface area contributed by atoms with Crippen LogP contribution in [0.2, 0.25) is 0 Å². The number of aromatic nitrogens is 3. The van der Waals surface area contributed by atoms with Crippen LogP contribution in [0.1, 0.15) is 13.2 Å².